The summed E-state index contributed by atoms with van der Waals surface area (Å²) in [5, 5.41) is 0. The number of anilines is 6. The van der Waals surface area contributed by atoms with Crippen LogP contribution in [0.25, 0.3) is 55.6 Å². The molecule has 1 aliphatic heterocycles. The molecule has 0 unspecified atom stereocenters. The molecule has 4 nitrogen and oxygen atoms in total. The van der Waals surface area contributed by atoms with Crippen molar-refractivity contribution in [2.24, 2.45) is 0 Å². The van der Waals surface area contributed by atoms with E-state index in [4.69, 9.17) is 0 Å². The molecule has 0 atom stereocenters. The van der Waals surface area contributed by atoms with E-state index in [1.165, 1.54) is 22.3 Å². The normalized spacial score (nSPS) is 12.5. The molecule has 0 N–H and O–H groups in total. The van der Waals surface area contributed by atoms with Crippen LogP contribution >= 0.6 is 0 Å². The molecule has 5 heteroatoms. The highest BCUT2D eigenvalue weighted by Crippen LogP contribution is 2.48. The second-order valence-electron chi connectivity index (χ2n) is 16.2. The molecule has 1 heterocycles. The molecule has 11 rings (SSSR count). The average molecular weight is 855 g/mol. The molecule has 0 aromatic heterocycles. The van der Waals surface area contributed by atoms with Gasteiger partial charge >= 0.3 is 0 Å². The third-order valence-corrected chi connectivity index (χ3v) is 14.1. The van der Waals surface area contributed by atoms with E-state index in [0.717, 1.165) is 56.1 Å². The zero-order valence-corrected chi connectivity index (χ0v) is 36.2. The molecule has 0 aliphatic carbocycles. The van der Waals surface area contributed by atoms with Crippen LogP contribution in [0.2, 0.25) is 0 Å². The first-order chi connectivity index (χ1) is 32.0. The summed E-state index contributed by atoms with van der Waals surface area (Å²) >= 11 is 0. The van der Waals surface area contributed by atoms with Crippen molar-refractivity contribution in [1.29, 1.82) is 0 Å². The third-order valence-electron chi connectivity index (χ3n) is 12.2. The third kappa shape index (κ3) is 7.58. The van der Waals surface area contributed by atoms with Crippen molar-refractivity contribution in [1.82, 2.24) is 0 Å². The predicted molar refractivity (Wildman–Crippen MR) is 268 cm³/mol. The van der Waals surface area contributed by atoms with Crippen molar-refractivity contribution in [3.8, 4) is 55.6 Å². The van der Waals surface area contributed by atoms with Crippen molar-refractivity contribution in [3.63, 3.8) is 0 Å². The highest BCUT2D eigenvalue weighted by Gasteiger charge is 2.34. The van der Waals surface area contributed by atoms with Gasteiger partial charge in [-0.15, -0.1) is 0 Å². The van der Waals surface area contributed by atoms with E-state index in [2.05, 4.69) is 192 Å². The molecule has 65 heavy (non-hydrogen) atoms. The molecule has 0 amide bonds. The quantitative estimate of drug-likeness (QED) is 0.145. The Morgan fingerprint density at radius 2 is 0.585 bits per heavy atom. The Morgan fingerprint density at radius 3 is 0.985 bits per heavy atom. The van der Waals surface area contributed by atoms with Crippen LogP contribution in [-0.4, -0.2) is 8.42 Å². The summed E-state index contributed by atoms with van der Waals surface area (Å²) in [5.41, 5.74) is 16.7. The Labute approximate surface area is 380 Å². The van der Waals surface area contributed by atoms with Crippen LogP contribution in [0.1, 0.15) is 0 Å². The Bertz CT molecular complexity index is 3240. The monoisotopic (exact) mass is 854 g/mol. The van der Waals surface area contributed by atoms with E-state index >= 15 is 0 Å². The molecule has 0 spiro atoms. The minimum absolute atomic E-state index is 0.302. The number of nitrogens with zero attached hydrogens (tertiary/aromatic N) is 2. The van der Waals surface area contributed by atoms with E-state index in [1.807, 2.05) is 48.5 Å². The molecular weight excluding hydrogens is 813 g/mol. The number of hydrogen-bond acceptors (Lipinski definition) is 4. The largest absolute Gasteiger partial charge is 0.311 e. The van der Waals surface area contributed by atoms with Crippen molar-refractivity contribution >= 4 is 44.0 Å². The minimum Gasteiger partial charge on any atom is -0.311 e. The summed E-state index contributed by atoms with van der Waals surface area (Å²) in [4.78, 5) is 4.96. The first-order valence-electron chi connectivity index (χ1n) is 21.7. The number of hydrogen-bond donors (Lipinski definition) is 0. The number of benzene rings is 10. The maximum atomic E-state index is 13.7. The highest BCUT2D eigenvalue weighted by atomic mass is 32.2. The maximum Gasteiger partial charge on any atom is 0.210 e. The Balaban J connectivity index is 0.947. The lowest BCUT2D eigenvalue weighted by atomic mass is 9.98. The molecule has 0 bridgehead atoms. The highest BCUT2D eigenvalue weighted by molar-refractivity contribution is 7.92. The van der Waals surface area contributed by atoms with E-state index in [9.17, 15) is 8.42 Å². The first-order valence-corrected chi connectivity index (χ1v) is 23.2. The molecule has 310 valence electrons. The van der Waals surface area contributed by atoms with Gasteiger partial charge in [0.1, 0.15) is 0 Å². The predicted octanol–water partition coefficient (Wildman–Crippen LogP) is 16.1. The van der Waals surface area contributed by atoms with Gasteiger partial charge in [-0.1, -0.05) is 170 Å². The first kappa shape index (κ1) is 39.6. The van der Waals surface area contributed by atoms with Gasteiger partial charge in [-0.2, -0.15) is 0 Å². The molecule has 0 saturated heterocycles. The number of fused-ring (bicyclic) bond motifs is 2. The van der Waals surface area contributed by atoms with Gasteiger partial charge in [0.25, 0.3) is 0 Å². The van der Waals surface area contributed by atoms with Crippen molar-refractivity contribution in [2.45, 2.75) is 9.79 Å². The molecule has 0 radical (unpaired) electrons. The fourth-order valence-corrected chi connectivity index (χ4v) is 10.6. The smallest absolute Gasteiger partial charge is 0.210 e. The standard InChI is InChI=1S/C60H42N2O2S/c63-65(64)59-26-9-7-24-57(59)62(58-25-8-10-27-60(58)65)56-23-13-22-52(42-56)47-32-38-55(39-33-47)61(53-34-28-45(29-35-53)50-20-11-18-48(40-50)43-14-3-1-4-15-43)54-36-30-46(31-37-54)51-21-12-19-49(41-51)44-16-5-2-6-17-44/h1-42H. The SMILES string of the molecule is O=S1(=O)c2ccccc2N(c2cccc(-c3ccc(N(c4ccc(-c5cccc(-c6ccccc6)c5)cc4)c4ccc(-c5cccc(-c6ccccc6)c5)cc4)cc3)c2)c2ccccc21. The maximum absolute atomic E-state index is 13.7. The zero-order chi connectivity index (χ0) is 43.7. The fourth-order valence-electron chi connectivity index (χ4n) is 8.96. The topological polar surface area (TPSA) is 40.6 Å². The van der Waals surface area contributed by atoms with Crippen molar-refractivity contribution in [3.05, 3.63) is 255 Å². The van der Waals surface area contributed by atoms with E-state index < -0.39 is 9.84 Å². The summed E-state index contributed by atoms with van der Waals surface area (Å²) in [6, 6.07) is 87.5. The molecule has 0 saturated carbocycles. The van der Waals surface area contributed by atoms with Crippen LogP contribution in [-0.2, 0) is 9.84 Å². The van der Waals surface area contributed by atoms with Crippen LogP contribution in [0.3, 0.4) is 0 Å². The van der Waals surface area contributed by atoms with Crippen molar-refractivity contribution in [2.75, 3.05) is 9.80 Å². The van der Waals surface area contributed by atoms with Crippen LogP contribution in [0, 0.1) is 0 Å². The molecular formula is C60H42N2O2S. The molecule has 10 aromatic carbocycles. The summed E-state index contributed by atoms with van der Waals surface area (Å²) in [5.74, 6) is 0. The van der Waals surface area contributed by atoms with Gasteiger partial charge in [0.2, 0.25) is 9.84 Å². The second-order valence-corrected chi connectivity index (χ2v) is 18.1. The van der Waals surface area contributed by atoms with Crippen molar-refractivity contribution < 1.29 is 8.42 Å². The second kappa shape index (κ2) is 16.8. The summed E-state index contributed by atoms with van der Waals surface area (Å²) < 4.78 is 27.4. The van der Waals surface area contributed by atoms with Crippen LogP contribution in [0.4, 0.5) is 34.1 Å². The van der Waals surface area contributed by atoms with E-state index in [-0.39, 0.29) is 0 Å². The van der Waals surface area contributed by atoms with Crippen LogP contribution in [0.5, 0.6) is 0 Å². The number of para-hydroxylation sites is 2. The van der Waals surface area contributed by atoms with Gasteiger partial charge in [-0.3, -0.25) is 0 Å². The molecule has 1 aliphatic rings. The summed E-state index contributed by atoms with van der Waals surface area (Å²) in [7, 11) is -3.67. The Kier molecular flexibility index (Phi) is 10.2. The fraction of sp³-hybridized carbons (Fsp3) is 0. The zero-order valence-electron chi connectivity index (χ0n) is 35.4. The van der Waals surface area contributed by atoms with Gasteiger partial charge in [-0.25, -0.2) is 8.42 Å². The summed E-state index contributed by atoms with van der Waals surface area (Å²) in [6.07, 6.45) is 0. The lowest BCUT2D eigenvalue weighted by Gasteiger charge is -2.33. The average Bonchev–Trinajstić information content (AvgIpc) is 3.38. The van der Waals surface area contributed by atoms with Crippen LogP contribution < -0.4 is 9.80 Å². The lowest BCUT2D eigenvalue weighted by molar-refractivity contribution is 0.595. The van der Waals surface area contributed by atoms with E-state index in [1.54, 1.807) is 24.3 Å². The van der Waals surface area contributed by atoms with Crippen LogP contribution in [0.15, 0.2) is 265 Å². The summed E-state index contributed by atoms with van der Waals surface area (Å²) in [6.45, 7) is 0. The number of rotatable bonds is 9. The van der Waals surface area contributed by atoms with E-state index in [0.29, 0.717) is 21.2 Å². The minimum atomic E-state index is -3.67. The Morgan fingerprint density at radius 1 is 0.277 bits per heavy atom. The number of sulfone groups is 1. The Hall–Kier alpha value is -8.25. The van der Waals surface area contributed by atoms with Gasteiger partial charge in [0.05, 0.1) is 21.2 Å². The van der Waals surface area contributed by atoms with Gasteiger partial charge in [0, 0.05) is 22.7 Å². The molecule has 10 aromatic rings. The lowest BCUT2D eigenvalue weighted by Crippen LogP contribution is -2.22. The van der Waals surface area contributed by atoms with Gasteiger partial charge in [-0.05, 0) is 141 Å². The van der Waals surface area contributed by atoms with Gasteiger partial charge in [0.15, 0.2) is 0 Å². The van der Waals surface area contributed by atoms with Gasteiger partial charge < -0.3 is 9.80 Å². The molecule has 0 fully saturated rings.